The standard InChI is InChI=1S/C14H27N/c1-11-5-8-14(10-12(11)2)15-9-3-4-13-6-7-13/h11-15H,3-10H2,1-2H3. The molecule has 0 spiro atoms. The third kappa shape index (κ3) is 3.79. The molecule has 0 heterocycles. The molecule has 1 heteroatoms. The summed E-state index contributed by atoms with van der Waals surface area (Å²) < 4.78 is 0. The zero-order valence-electron chi connectivity index (χ0n) is 10.5. The summed E-state index contributed by atoms with van der Waals surface area (Å²) in [5.74, 6) is 2.99. The quantitative estimate of drug-likeness (QED) is 0.682. The molecule has 3 atom stereocenters. The Labute approximate surface area is 95.0 Å². The third-order valence-corrected chi connectivity index (χ3v) is 4.52. The van der Waals surface area contributed by atoms with E-state index in [0.717, 1.165) is 23.8 Å². The highest BCUT2D eigenvalue weighted by molar-refractivity contribution is 4.80. The van der Waals surface area contributed by atoms with Crippen LogP contribution in [0.1, 0.15) is 58.8 Å². The molecule has 2 fully saturated rings. The van der Waals surface area contributed by atoms with E-state index in [1.165, 1.54) is 51.5 Å². The molecule has 1 N–H and O–H groups in total. The first-order chi connectivity index (χ1) is 7.25. The van der Waals surface area contributed by atoms with Gasteiger partial charge in [0.25, 0.3) is 0 Å². The molecule has 2 aliphatic carbocycles. The zero-order valence-corrected chi connectivity index (χ0v) is 10.5. The molecule has 0 aromatic carbocycles. The van der Waals surface area contributed by atoms with E-state index >= 15 is 0 Å². The largest absolute Gasteiger partial charge is 0.314 e. The Morgan fingerprint density at radius 1 is 1.00 bits per heavy atom. The fourth-order valence-corrected chi connectivity index (χ4v) is 2.84. The molecule has 0 bridgehead atoms. The van der Waals surface area contributed by atoms with Gasteiger partial charge < -0.3 is 5.32 Å². The molecule has 2 saturated carbocycles. The highest BCUT2D eigenvalue weighted by atomic mass is 14.9. The van der Waals surface area contributed by atoms with Crippen LogP contribution in [0.4, 0.5) is 0 Å². The van der Waals surface area contributed by atoms with Crippen molar-refractivity contribution in [3.63, 3.8) is 0 Å². The summed E-state index contributed by atoms with van der Waals surface area (Å²) in [6.45, 7) is 6.10. The van der Waals surface area contributed by atoms with Crippen LogP contribution in [-0.4, -0.2) is 12.6 Å². The van der Waals surface area contributed by atoms with Crippen LogP contribution in [0.5, 0.6) is 0 Å². The Morgan fingerprint density at radius 2 is 1.80 bits per heavy atom. The topological polar surface area (TPSA) is 12.0 Å². The van der Waals surface area contributed by atoms with Crippen molar-refractivity contribution in [1.29, 1.82) is 0 Å². The van der Waals surface area contributed by atoms with Crippen LogP contribution in [0.15, 0.2) is 0 Å². The van der Waals surface area contributed by atoms with Crippen molar-refractivity contribution in [1.82, 2.24) is 5.32 Å². The second-order valence-corrected chi connectivity index (χ2v) is 6.00. The Kier molecular flexibility index (Phi) is 4.07. The van der Waals surface area contributed by atoms with Crippen molar-refractivity contribution in [3.05, 3.63) is 0 Å². The number of nitrogens with one attached hydrogen (secondary N) is 1. The van der Waals surface area contributed by atoms with Gasteiger partial charge in [-0.3, -0.25) is 0 Å². The zero-order chi connectivity index (χ0) is 10.7. The lowest BCUT2D eigenvalue weighted by Crippen LogP contribution is -2.36. The fraction of sp³-hybridized carbons (Fsp3) is 1.00. The third-order valence-electron chi connectivity index (χ3n) is 4.52. The molecule has 0 saturated heterocycles. The van der Waals surface area contributed by atoms with Crippen molar-refractivity contribution in [2.75, 3.05) is 6.54 Å². The minimum absolute atomic E-state index is 0.829. The lowest BCUT2D eigenvalue weighted by molar-refractivity contribution is 0.226. The maximum Gasteiger partial charge on any atom is 0.00698 e. The molecule has 0 amide bonds. The van der Waals surface area contributed by atoms with Crippen molar-refractivity contribution in [2.45, 2.75) is 64.8 Å². The highest BCUT2D eigenvalue weighted by Crippen LogP contribution is 2.33. The van der Waals surface area contributed by atoms with Gasteiger partial charge in [-0.25, -0.2) is 0 Å². The summed E-state index contributed by atoms with van der Waals surface area (Å²) in [7, 11) is 0. The van der Waals surface area contributed by atoms with Crippen LogP contribution in [0.25, 0.3) is 0 Å². The molecule has 3 unspecified atom stereocenters. The molecule has 88 valence electrons. The minimum atomic E-state index is 0.829. The lowest BCUT2D eigenvalue weighted by atomic mass is 9.79. The molecule has 1 nitrogen and oxygen atoms in total. The van der Waals surface area contributed by atoms with E-state index in [9.17, 15) is 0 Å². The molecular formula is C14H27N. The Morgan fingerprint density at radius 3 is 2.47 bits per heavy atom. The molecule has 2 rings (SSSR count). The average molecular weight is 209 g/mol. The van der Waals surface area contributed by atoms with Crippen LogP contribution < -0.4 is 5.32 Å². The predicted molar refractivity (Wildman–Crippen MR) is 65.9 cm³/mol. The van der Waals surface area contributed by atoms with Gasteiger partial charge in [-0.2, -0.15) is 0 Å². The first kappa shape index (κ1) is 11.4. The molecule has 15 heavy (non-hydrogen) atoms. The van der Waals surface area contributed by atoms with Gasteiger partial charge in [0.15, 0.2) is 0 Å². The van der Waals surface area contributed by atoms with Crippen LogP contribution in [-0.2, 0) is 0 Å². The van der Waals surface area contributed by atoms with Crippen molar-refractivity contribution >= 4 is 0 Å². The second-order valence-electron chi connectivity index (χ2n) is 6.00. The van der Waals surface area contributed by atoms with Crippen molar-refractivity contribution in [2.24, 2.45) is 17.8 Å². The predicted octanol–water partition coefficient (Wildman–Crippen LogP) is 3.59. The van der Waals surface area contributed by atoms with Gasteiger partial charge in [0, 0.05) is 6.04 Å². The monoisotopic (exact) mass is 209 g/mol. The lowest BCUT2D eigenvalue weighted by Gasteiger charge is -2.32. The van der Waals surface area contributed by atoms with E-state index in [2.05, 4.69) is 19.2 Å². The van der Waals surface area contributed by atoms with Crippen molar-refractivity contribution < 1.29 is 0 Å². The molecule has 2 aliphatic rings. The maximum absolute atomic E-state index is 3.76. The first-order valence-corrected chi connectivity index (χ1v) is 6.99. The van der Waals surface area contributed by atoms with Gasteiger partial charge in [-0.15, -0.1) is 0 Å². The van der Waals surface area contributed by atoms with E-state index in [-0.39, 0.29) is 0 Å². The summed E-state index contributed by atoms with van der Waals surface area (Å²) in [6.07, 6.45) is 10.2. The summed E-state index contributed by atoms with van der Waals surface area (Å²) in [4.78, 5) is 0. The molecular weight excluding hydrogens is 182 g/mol. The Balaban J connectivity index is 1.54. The number of hydrogen-bond donors (Lipinski definition) is 1. The summed E-state index contributed by atoms with van der Waals surface area (Å²) >= 11 is 0. The minimum Gasteiger partial charge on any atom is -0.314 e. The number of hydrogen-bond acceptors (Lipinski definition) is 1. The SMILES string of the molecule is CC1CCC(NCCCC2CC2)CC1C. The van der Waals surface area contributed by atoms with Crippen LogP contribution in [0.2, 0.25) is 0 Å². The maximum atomic E-state index is 3.76. The van der Waals surface area contributed by atoms with Crippen molar-refractivity contribution in [3.8, 4) is 0 Å². The fourth-order valence-electron chi connectivity index (χ4n) is 2.84. The van der Waals surface area contributed by atoms with Crippen LogP contribution in [0, 0.1) is 17.8 Å². The van der Waals surface area contributed by atoms with Crippen LogP contribution >= 0.6 is 0 Å². The van der Waals surface area contributed by atoms with E-state index in [4.69, 9.17) is 0 Å². The van der Waals surface area contributed by atoms with E-state index in [1.807, 2.05) is 0 Å². The second kappa shape index (κ2) is 5.34. The summed E-state index contributed by atoms with van der Waals surface area (Å²) in [6, 6.07) is 0.829. The highest BCUT2D eigenvalue weighted by Gasteiger charge is 2.24. The Hall–Kier alpha value is -0.0400. The smallest absolute Gasteiger partial charge is 0.00698 e. The Bertz CT molecular complexity index is 186. The van der Waals surface area contributed by atoms with Gasteiger partial charge in [0.05, 0.1) is 0 Å². The summed E-state index contributed by atoms with van der Waals surface area (Å²) in [5, 5.41) is 3.76. The van der Waals surface area contributed by atoms with E-state index < -0.39 is 0 Å². The average Bonchev–Trinajstić information content (AvgIpc) is 3.02. The van der Waals surface area contributed by atoms with E-state index in [0.29, 0.717) is 0 Å². The van der Waals surface area contributed by atoms with Gasteiger partial charge >= 0.3 is 0 Å². The van der Waals surface area contributed by atoms with Crippen LogP contribution in [0.3, 0.4) is 0 Å². The first-order valence-electron chi connectivity index (χ1n) is 6.99. The molecule has 0 aromatic rings. The van der Waals surface area contributed by atoms with Gasteiger partial charge in [-0.1, -0.05) is 26.7 Å². The summed E-state index contributed by atoms with van der Waals surface area (Å²) in [5.41, 5.74) is 0. The van der Waals surface area contributed by atoms with Gasteiger partial charge in [0.2, 0.25) is 0 Å². The van der Waals surface area contributed by atoms with Gasteiger partial charge in [-0.05, 0) is 56.4 Å². The molecule has 0 aromatic heterocycles. The molecule has 0 radical (unpaired) electrons. The normalized spacial score (nSPS) is 36.8. The molecule has 0 aliphatic heterocycles. The van der Waals surface area contributed by atoms with Gasteiger partial charge in [0.1, 0.15) is 0 Å². The van der Waals surface area contributed by atoms with E-state index in [1.54, 1.807) is 0 Å². The number of rotatable bonds is 5.